The van der Waals surface area contributed by atoms with Crippen LogP contribution in [0.15, 0.2) is 72.8 Å². The third-order valence-corrected chi connectivity index (χ3v) is 7.53. The number of benzene rings is 3. The average Bonchev–Trinajstić information content (AvgIpc) is 2.85. The highest BCUT2D eigenvalue weighted by molar-refractivity contribution is 7.92. The van der Waals surface area contributed by atoms with Gasteiger partial charge in [0.15, 0.2) is 0 Å². The van der Waals surface area contributed by atoms with Gasteiger partial charge in [-0.3, -0.25) is 13.9 Å². The number of carbonyl (C=O) groups excluding carboxylic acids is 2. The van der Waals surface area contributed by atoms with Gasteiger partial charge in [-0.05, 0) is 55.7 Å². The monoisotopic (exact) mass is 555 g/mol. The molecule has 7 nitrogen and oxygen atoms in total. The molecule has 0 saturated heterocycles. The molecule has 0 fully saturated rings. The third-order valence-electron chi connectivity index (χ3n) is 6.16. The van der Waals surface area contributed by atoms with Crippen molar-refractivity contribution in [2.75, 3.05) is 23.7 Å². The van der Waals surface area contributed by atoms with Crippen molar-refractivity contribution in [3.05, 3.63) is 100 Å². The lowest BCUT2D eigenvalue weighted by Crippen LogP contribution is -2.53. The molecule has 9 heteroatoms. The maximum Gasteiger partial charge on any atom is 0.244 e. The summed E-state index contributed by atoms with van der Waals surface area (Å²) in [7, 11) is -3.83. The highest BCUT2D eigenvalue weighted by Crippen LogP contribution is 2.26. The Balaban J connectivity index is 2.06. The van der Waals surface area contributed by atoms with Crippen molar-refractivity contribution in [1.82, 2.24) is 10.2 Å². The molecule has 0 heterocycles. The summed E-state index contributed by atoms with van der Waals surface area (Å²) in [5, 5.41) is 3.31. The Kier molecular flexibility index (Phi) is 9.94. The van der Waals surface area contributed by atoms with Gasteiger partial charge in [0.1, 0.15) is 12.6 Å². The molecule has 0 aliphatic rings. The molecular weight excluding hydrogens is 522 g/mol. The minimum atomic E-state index is -3.83. The van der Waals surface area contributed by atoms with E-state index in [1.54, 1.807) is 25.1 Å². The van der Waals surface area contributed by atoms with Crippen molar-refractivity contribution >= 4 is 39.1 Å². The molecule has 0 aromatic heterocycles. The maximum absolute atomic E-state index is 14.0. The molecule has 0 unspecified atom stereocenters. The number of hydrogen-bond acceptors (Lipinski definition) is 4. The van der Waals surface area contributed by atoms with Gasteiger partial charge in [-0.15, -0.1) is 0 Å². The number of rotatable bonds is 11. The molecule has 0 aliphatic heterocycles. The van der Waals surface area contributed by atoms with Crippen LogP contribution >= 0.6 is 11.6 Å². The predicted molar refractivity (Wildman–Crippen MR) is 153 cm³/mol. The van der Waals surface area contributed by atoms with Gasteiger partial charge < -0.3 is 10.2 Å². The van der Waals surface area contributed by atoms with Gasteiger partial charge in [0.05, 0.1) is 11.9 Å². The number of carbonyl (C=O) groups is 2. The number of hydrogen-bond donors (Lipinski definition) is 1. The van der Waals surface area contributed by atoms with E-state index >= 15 is 0 Å². The van der Waals surface area contributed by atoms with Crippen LogP contribution in [0.2, 0.25) is 5.02 Å². The first-order chi connectivity index (χ1) is 18.0. The Labute approximate surface area is 230 Å². The summed E-state index contributed by atoms with van der Waals surface area (Å²) in [6, 6.07) is 21.1. The van der Waals surface area contributed by atoms with E-state index in [0.29, 0.717) is 22.8 Å². The van der Waals surface area contributed by atoms with Crippen LogP contribution in [0, 0.1) is 13.8 Å². The van der Waals surface area contributed by atoms with Crippen LogP contribution in [0.1, 0.15) is 29.2 Å². The molecule has 3 aromatic rings. The Hall–Kier alpha value is -3.36. The van der Waals surface area contributed by atoms with E-state index in [1.165, 1.54) is 4.90 Å². The summed E-state index contributed by atoms with van der Waals surface area (Å²) < 4.78 is 26.8. The topological polar surface area (TPSA) is 86.8 Å². The Morgan fingerprint density at radius 2 is 1.63 bits per heavy atom. The zero-order valence-electron chi connectivity index (χ0n) is 22.1. The van der Waals surface area contributed by atoms with Crippen LogP contribution in [0.5, 0.6) is 0 Å². The normalized spacial score (nSPS) is 12.0. The predicted octanol–water partition coefficient (Wildman–Crippen LogP) is 4.50. The molecule has 38 heavy (non-hydrogen) atoms. The zero-order chi connectivity index (χ0) is 27.9. The molecule has 0 aliphatic carbocycles. The van der Waals surface area contributed by atoms with Crippen LogP contribution < -0.4 is 9.62 Å². The number of nitrogens with zero attached hydrogens (tertiary/aromatic N) is 2. The molecule has 0 bridgehead atoms. The highest BCUT2D eigenvalue weighted by Gasteiger charge is 2.33. The molecule has 0 spiro atoms. The van der Waals surface area contributed by atoms with Crippen LogP contribution in [-0.2, 0) is 32.6 Å². The van der Waals surface area contributed by atoms with Gasteiger partial charge in [-0.25, -0.2) is 8.42 Å². The fourth-order valence-corrected chi connectivity index (χ4v) is 5.48. The Morgan fingerprint density at radius 1 is 0.947 bits per heavy atom. The van der Waals surface area contributed by atoms with Gasteiger partial charge >= 0.3 is 0 Å². The van der Waals surface area contributed by atoms with Crippen molar-refractivity contribution in [2.24, 2.45) is 0 Å². The second-order valence-electron chi connectivity index (χ2n) is 9.31. The standard InChI is InChI=1S/C29H34ClN3O4S/c1-5-31-29(35)27(18-23-11-7-6-8-12-23)32(19-24-13-9-10-21(2)16-24)28(34)20-33(38(4,36)37)26-15-14-25(30)17-22(26)3/h6-17,27H,5,18-20H2,1-4H3,(H,31,35)/t27-/m1/s1. The lowest BCUT2D eigenvalue weighted by molar-refractivity contribution is -0.140. The second-order valence-corrected chi connectivity index (χ2v) is 11.7. The summed E-state index contributed by atoms with van der Waals surface area (Å²) in [6.45, 7) is 5.59. The molecular formula is C29H34ClN3O4S. The molecule has 1 atom stereocenters. The number of aryl methyl sites for hydroxylation is 2. The van der Waals surface area contributed by atoms with Crippen LogP contribution in [0.25, 0.3) is 0 Å². The van der Waals surface area contributed by atoms with Gasteiger partial charge in [0, 0.05) is 24.5 Å². The maximum atomic E-state index is 14.0. The van der Waals surface area contributed by atoms with E-state index < -0.39 is 28.5 Å². The van der Waals surface area contributed by atoms with Gasteiger partial charge in [0.25, 0.3) is 0 Å². The van der Waals surface area contributed by atoms with E-state index in [1.807, 2.05) is 68.4 Å². The molecule has 3 rings (SSSR count). The SMILES string of the molecule is CCNC(=O)[C@@H](Cc1ccccc1)N(Cc1cccc(C)c1)C(=O)CN(c1ccc(Cl)cc1C)S(C)(=O)=O. The summed E-state index contributed by atoms with van der Waals surface area (Å²) in [6.07, 6.45) is 1.34. The summed E-state index contributed by atoms with van der Waals surface area (Å²) in [5.41, 5.74) is 3.72. The molecule has 202 valence electrons. The number of anilines is 1. The second kappa shape index (κ2) is 12.9. The van der Waals surface area contributed by atoms with Gasteiger partial charge in [-0.1, -0.05) is 71.8 Å². The van der Waals surface area contributed by atoms with Gasteiger partial charge in [-0.2, -0.15) is 0 Å². The fraction of sp³-hybridized carbons (Fsp3) is 0.310. The zero-order valence-corrected chi connectivity index (χ0v) is 23.7. The minimum Gasteiger partial charge on any atom is -0.355 e. The smallest absolute Gasteiger partial charge is 0.244 e. The lowest BCUT2D eigenvalue weighted by atomic mass is 10.0. The van der Waals surface area contributed by atoms with E-state index in [9.17, 15) is 18.0 Å². The number of amides is 2. The highest BCUT2D eigenvalue weighted by atomic mass is 35.5. The largest absolute Gasteiger partial charge is 0.355 e. The minimum absolute atomic E-state index is 0.145. The molecule has 3 aromatic carbocycles. The van der Waals surface area contributed by atoms with E-state index in [2.05, 4.69) is 5.32 Å². The first kappa shape index (κ1) is 29.2. The third kappa shape index (κ3) is 7.82. The summed E-state index contributed by atoms with van der Waals surface area (Å²) in [5.74, 6) is -0.788. The summed E-state index contributed by atoms with van der Waals surface area (Å²) in [4.78, 5) is 28.8. The summed E-state index contributed by atoms with van der Waals surface area (Å²) >= 11 is 6.09. The van der Waals surface area contributed by atoms with Crippen LogP contribution in [0.3, 0.4) is 0 Å². The number of sulfonamides is 1. The molecule has 0 radical (unpaired) electrons. The first-order valence-corrected chi connectivity index (χ1v) is 14.6. The van der Waals surface area contributed by atoms with E-state index in [0.717, 1.165) is 27.3 Å². The van der Waals surface area contributed by atoms with Crippen LogP contribution in [0.4, 0.5) is 5.69 Å². The van der Waals surface area contributed by atoms with E-state index in [4.69, 9.17) is 11.6 Å². The number of nitrogens with one attached hydrogen (secondary N) is 1. The van der Waals surface area contributed by atoms with Crippen molar-refractivity contribution in [2.45, 2.75) is 39.8 Å². The Morgan fingerprint density at radius 3 is 2.24 bits per heavy atom. The molecule has 0 saturated carbocycles. The van der Waals surface area contributed by atoms with Crippen molar-refractivity contribution in [1.29, 1.82) is 0 Å². The Bertz CT molecular complexity index is 1380. The lowest BCUT2D eigenvalue weighted by Gasteiger charge is -2.33. The van der Waals surface area contributed by atoms with Crippen LogP contribution in [-0.4, -0.2) is 50.5 Å². The molecule has 2 amide bonds. The molecule has 1 N–H and O–H groups in total. The quantitative estimate of drug-likeness (QED) is 0.377. The van der Waals surface area contributed by atoms with E-state index in [-0.39, 0.29) is 18.9 Å². The van der Waals surface area contributed by atoms with Crippen molar-refractivity contribution in [3.63, 3.8) is 0 Å². The van der Waals surface area contributed by atoms with Gasteiger partial charge in [0.2, 0.25) is 21.8 Å². The fourth-order valence-electron chi connectivity index (χ4n) is 4.35. The van der Waals surface area contributed by atoms with Crippen molar-refractivity contribution in [3.8, 4) is 0 Å². The van der Waals surface area contributed by atoms with Crippen molar-refractivity contribution < 1.29 is 18.0 Å². The number of likely N-dealkylation sites (N-methyl/N-ethyl adjacent to an activating group) is 1. The average molecular weight is 556 g/mol. The first-order valence-electron chi connectivity index (χ1n) is 12.4. The number of halogens is 1.